The van der Waals surface area contributed by atoms with Crippen LogP contribution in [0, 0.1) is 0 Å². The number of amides is 1. The summed E-state index contributed by atoms with van der Waals surface area (Å²) in [5.41, 5.74) is 2.42. The molecule has 0 fully saturated rings. The topological polar surface area (TPSA) is 63.2 Å². The van der Waals surface area contributed by atoms with E-state index in [1.165, 1.54) is 5.56 Å². The lowest BCUT2D eigenvalue weighted by Gasteiger charge is -2.26. The third-order valence-electron chi connectivity index (χ3n) is 4.40. The molecule has 126 valence electrons. The molecule has 0 aromatic heterocycles. The molecule has 1 aliphatic rings. The smallest absolute Gasteiger partial charge is 0.221 e. The number of nitrogens with one attached hydrogen (secondary N) is 1. The molecule has 4 nitrogen and oxygen atoms in total. The molecule has 0 heterocycles. The van der Waals surface area contributed by atoms with Crippen molar-refractivity contribution in [3.63, 3.8) is 0 Å². The molecule has 3 rings (SSSR count). The molecule has 0 saturated heterocycles. The summed E-state index contributed by atoms with van der Waals surface area (Å²) in [7, 11) is -3.42. The first-order chi connectivity index (χ1) is 11.6. The highest BCUT2D eigenvalue weighted by Gasteiger charge is 2.22. The van der Waals surface area contributed by atoms with Crippen molar-refractivity contribution in [1.82, 2.24) is 5.32 Å². The van der Waals surface area contributed by atoms with Crippen molar-refractivity contribution in [2.45, 2.75) is 36.6 Å². The average molecular weight is 343 g/mol. The normalized spacial score (nSPS) is 17.1. The molecule has 0 saturated carbocycles. The van der Waals surface area contributed by atoms with E-state index in [1.807, 2.05) is 18.2 Å². The Morgan fingerprint density at radius 3 is 2.54 bits per heavy atom. The van der Waals surface area contributed by atoms with Gasteiger partial charge in [-0.3, -0.25) is 4.79 Å². The Hall–Kier alpha value is -2.14. The van der Waals surface area contributed by atoms with Gasteiger partial charge in [-0.25, -0.2) is 8.42 Å². The first kappa shape index (κ1) is 16.7. The fraction of sp³-hybridized carbons (Fsp3) is 0.316. The van der Waals surface area contributed by atoms with E-state index >= 15 is 0 Å². The van der Waals surface area contributed by atoms with Gasteiger partial charge >= 0.3 is 0 Å². The third-order valence-corrected chi connectivity index (χ3v) is 6.14. The van der Waals surface area contributed by atoms with Gasteiger partial charge < -0.3 is 5.32 Å². The van der Waals surface area contributed by atoms with Gasteiger partial charge in [0.2, 0.25) is 5.91 Å². The van der Waals surface area contributed by atoms with Gasteiger partial charge in [-0.05, 0) is 42.5 Å². The second-order valence-corrected chi connectivity index (χ2v) is 8.20. The highest BCUT2D eigenvalue weighted by Crippen LogP contribution is 2.29. The van der Waals surface area contributed by atoms with Crippen LogP contribution in [0.3, 0.4) is 0 Å². The third kappa shape index (κ3) is 3.85. The van der Waals surface area contributed by atoms with Gasteiger partial charge in [0.05, 0.1) is 16.7 Å². The second kappa shape index (κ2) is 7.18. The summed E-state index contributed by atoms with van der Waals surface area (Å²) in [6.45, 7) is 0. The highest BCUT2D eigenvalue weighted by atomic mass is 32.2. The van der Waals surface area contributed by atoms with E-state index in [0.717, 1.165) is 24.8 Å². The second-order valence-electron chi connectivity index (χ2n) is 6.09. The van der Waals surface area contributed by atoms with Gasteiger partial charge in [-0.2, -0.15) is 0 Å². The maximum atomic E-state index is 12.2. The standard InChI is InChI=1S/C19H21NO3S/c21-19(13-14-24(22,23)16-9-2-1-3-10-16)20-18-12-6-8-15-7-4-5-11-17(15)18/h1-5,7,9-11,18H,6,8,12-14H2,(H,20,21). The number of hydrogen-bond acceptors (Lipinski definition) is 3. The van der Waals surface area contributed by atoms with E-state index < -0.39 is 9.84 Å². The molecule has 0 aliphatic heterocycles. The molecule has 2 aromatic rings. The maximum Gasteiger partial charge on any atom is 0.221 e. The zero-order chi connectivity index (χ0) is 17.0. The Morgan fingerprint density at radius 2 is 1.75 bits per heavy atom. The lowest BCUT2D eigenvalue weighted by molar-refractivity contribution is -0.121. The first-order valence-electron chi connectivity index (χ1n) is 8.21. The molecule has 24 heavy (non-hydrogen) atoms. The number of rotatable bonds is 5. The van der Waals surface area contributed by atoms with Crippen LogP contribution in [-0.4, -0.2) is 20.1 Å². The summed E-state index contributed by atoms with van der Waals surface area (Å²) >= 11 is 0. The molecule has 0 radical (unpaired) electrons. The molecule has 0 spiro atoms. The van der Waals surface area contributed by atoms with Gasteiger partial charge in [0.15, 0.2) is 9.84 Å². The van der Waals surface area contributed by atoms with E-state index in [9.17, 15) is 13.2 Å². The molecule has 2 aromatic carbocycles. The van der Waals surface area contributed by atoms with Crippen molar-refractivity contribution in [3.8, 4) is 0 Å². The highest BCUT2D eigenvalue weighted by molar-refractivity contribution is 7.91. The molecule has 5 heteroatoms. The minimum Gasteiger partial charge on any atom is -0.349 e. The Labute approximate surface area is 142 Å². The predicted molar refractivity (Wildman–Crippen MR) is 93.4 cm³/mol. The Bertz CT molecular complexity index is 816. The quantitative estimate of drug-likeness (QED) is 0.907. The van der Waals surface area contributed by atoms with Crippen molar-refractivity contribution in [1.29, 1.82) is 0 Å². The van der Waals surface area contributed by atoms with Gasteiger partial charge in [0.25, 0.3) is 0 Å². The van der Waals surface area contributed by atoms with Crippen LogP contribution in [0.2, 0.25) is 0 Å². The number of hydrogen-bond donors (Lipinski definition) is 1. The fourth-order valence-corrected chi connectivity index (χ4v) is 4.40. The zero-order valence-corrected chi connectivity index (χ0v) is 14.3. The molecule has 1 atom stereocenters. The van der Waals surface area contributed by atoms with Crippen LogP contribution in [0.4, 0.5) is 0 Å². The number of fused-ring (bicyclic) bond motifs is 1. The lowest BCUT2D eigenvalue weighted by atomic mass is 9.88. The summed E-state index contributed by atoms with van der Waals surface area (Å²) in [5, 5.41) is 3.00. The summed E-state index contributed by atoms with van der Waals surface area (Å²) in [6.07, 6.45) is 2.94. The molecule has 1 aliphatic carbocycles. The van der Waals surface area contributed by atoms with E-state index in [1.54, 1.807) is 30.3 Å². The van der Waals surface area contributed by atoms with E-state index in [4.69, 9.17) is 0 Å². The minimum absolute atomic E-state index is 0.0121. The number of sulfone groups is 1. The van der Waals surface area contributed by atoms with Crippen LogP contribution in [-0.2, 0) is 21.1 Å². The van der Waals surface area contributed by atoms with Crippen molar-refractivity contribution in [2.24, 2.45) is 0 Å². The number of carbonyl (C=O) groups excluding carboxylic acids is 1. The molecule has 1 N–H and O–H groups in total. The minimum atomic E-state index is -3.42. The van der Waals surface area contributed by atoms with E-state index in [-0.39, 0.29) is 29.0 Å². The predicted octanol–water partition coefficient (Wildman–Crippen LogP) is 3.04. The summed E-state index contributed by atoms with van der Waals surface area (Å²) < 4.78 is 24.5. The Balaban J connectivity index is 1.61. The van der Waals surface area contributed by atoms with Gasteiger partial charge in [-0.1, -0.05) is 42.5 Å². The number of carbonyl (C=O) groups is 1. The van der Waals surface area contributed by atoms with Crippen molar-refractivity contribution >= 4 is 15.7 Å². The molecule has 1 unspecified atom stereocenters. The van der Waals surface area contributed by atoms with Crippen molar-refractivity contribution in [2.75, 3.05) is 5.75 Å². The van der Waals surface area contributed by atoms with Crippen molar-refractivity contribution in [3.05, 3.63) is 65.7 Å². The molecule has 1 amide bonds. The molecular formula is C19H21NO3S. The van der Waals surface area contributed by atoms with Crippen LogP contribution in [0.15, 0.2) is 59.5 Å². The lowest BCUT2D eigenvalue weighted by Crippen LogP contribution is -2.32. The first-order valence-corrected chi connectivity index (χ1v) is 9.86. The van der Waals surface area contributed by atoms with Crippen LogP contribution >= 0.6 is 0 Å². The fourth-order valence-electron chi connectivity index (χ4n) is 3.14. The Morgan fingerprint density at radius 1 is 1.04 bits per heavy atom. The van der Waals surface area contributed by atoms with E-state index in [2.05, 4.69) is 11.4 Å². The van der Waals surface area contributed by atoms with Crippen LogP contribution in [0.1, 0.15) is 36.4 Å². The Kier molecular flexibility index (Phi) is 5.00. The van der Waals surface area contributed by atoms with Crippen molar-refractivity contribution < 1.29 is 13.2 Å². The zero-order valence-electron chi connectivity index (χ0n) is 13.4. The van der Waals surface area contributed by atoms with E-state index in [0.29, 0.717) is 0 Å². The summed E-state index contributed by atoms with van der Waals surface area (Å²) in [6, 6.07) is 16.4. The maximum absolute atomic E-state index is 12.2. The summed E-state index contributed by atoms with van der Waals surface area (Å²) in [5.74, 6) is -0.381. The van der Waals surface area contributed by atoms with Crippen LogP contribution in [0.5, 0.6) is 0 Å². The largest absolute Gasteiger partial charge is 0.349 e. The summed E-state index contributed by atoms with van der Waals surface area (Å²) in [4.78, 5) is 12.5. The number of aryl methyl sites for hydroxylation is 1. The van der Waals surface area contributed by atoms with Gasteiger partial charge in [-0.15, -0.1) is 0 Å². The van der Waals surface area contributed by atoms with Crippen LogP contribution in [0.25, 0.3) is 0 Å². The van der Waals surface area contributed by atoms with Gasteiger partial charge in [0, 0.05) is 6.42 Å². The molecular weight excluding hydrogens is 322 g/mol. The SMILES string of the molecule is O=C(CCS(=O)(=O)c1ccccc1)NC1CCCc2ccccc21. The van der Waals surface area contributed by atoms with Gasteiger partial charge in [0.1, 0.15) is 0 Å². The van der Waals surface area contributed by atoms with Crippen LogP contribution < -0.4 is 5.32 Å². The average Bonchev–Trinajstić information content (AvgIpc) is 2.61. The number of benzene rings is 2. The monoisotopic (exact) mass is 343 g/mol. The molecule has 0 bridgehead atoms.